The number of nitrogens with one attached hydrogen (secondary N) is 1. The molecule has 0 saturated heterocycles. The van der Waals surface area contributed by atoms with Crippen LogP contribution in [0.25, 0.3) is 0 Å². The molecule has 4 nitrogen and oxygen atoms in total. The van der Waals surface area contributed by atoms with Crippen LogP contribution in [0.3, 0.4) is 0 Å². The van der Waals surface area contributed by atoms with Crippen molar-refractivity contribution >= 4 is 11.7 Å². The molecule has 0 unspecified atom stereocenters. The van der Waals surface area contributed by atoms with Crippen LogP contribution in [0.2, 0.25) is 0 Å². The second-order valence-corrected chi connectivity index (χ2v) is 5.78. The molecule has 0 bridgehead atoms. The Morgan fingerprint density at radius 3 is 2.83 bits per heavy atom. The number of amides is 1. The Balaban J connectivity index is 1.91. The summed E-state index contributed by atoms with van der Waals surface area (Å²) in [5.41, 5.74) is 1.17. The van der Waals surface area contributed by atoms with Crippen molar-refractivity contribution in [2.75, 3.05) is 25.0 Å². The fourth-order valence-corrected chi connectivity index (χ4v) is 2.39. The van der Waals surface area contributed by atoms with Crippen molar-refractivity contribution in [2.24, 2.45) is 0 Å². The summed E-state index contributed by atoms with van der Waals surface area (Å²) in [6.45, 7) is 3.44. The maximum Gasteiger partial charge on any atom is 0.251 e. The molecule has 0 aliphatic rings. The number of anilines is 1. The van der Waals surface area contributed by atoms with E-state index in [4.69, 9.17) is 0 Å². The Kier molecular flexibility index (Phi) is 6.73. The van der Waals surface area contributed by atoms with Crippen molar-refractivity contribution in [3.8, 4) is 0 Å². The number of nitrogens with zero attached hydrogens (tertiary/aromatic N) is 2. The van der Waals surface area contributed by atoms with Crippen molar-refractivity contribution in [1.82, 2.24) is 10.3 Å². The van der Waals surface area contributed by atoms with E-state index in [1.807, 2.05) is 11.9 Å². The molecular weight excluding hydrogens is 305 g/mol. The van der Waals surface area contributed by atoms with E-state index in [1.54, 1.807) is 36.5 Å². The molecule has 0 radical (unpaired) electrons. The maximum atomic E-state index is 13.6. The Bertz CT molecular complexity index is 675. The fraction of sp³-hybridized carbons (Fsp3) is 0.368. The minimum absolute atomic E-state index is 0.168. The van der Waals surface area contributed by atoms with Crippen molar-refractivity contribution in [1.29, 1.82) is 0 Å². The van der Waals surface area contributed by atoms with Crippen LogP contribution >= 0.6 is 0 Å². The molecule has 1 amide bonds. The van der Waals surface area contributed by atoms with Crippen molar-refractivity contribution in [3.05, 3.63) is 59.5 Å². The number of aromatic nitrogens is 1. The standard InChI is InChI=1S/C19H24FN3O/c1-3-4-13-23(2)18-14-16(10-11-21-18)19(24)22-12-9-15-7-5-6-8-17(15)20/h5-8,10-11,14H,3-4,9,12-13H2,1-2H3,(H,22,24). The van der Waals surface area contributed by atoms with E-state index < -0.39 is 0 Å². The predicted octanol–water partition coefficient (Wildman–Crippen LogP) is 3.43. The van der Waals surface area contributed by atoms with E-state index in [0.717, 1.165) is 25.2 Å². The molecule has 0 spiro atoms. The maximum absolute atomic E-state index is 13.6. The number of pyridine rings is 1. The van der Waals surface area contributed by atoms with Gasteiger partial charge in [-0.2, -0.15) is 0 Å². The zero-order chi connectivity index (χ0) is 17.4. The largest absolute Gasteiger partial charge is 0.360 e. The SMILES string of the molecule is CCCCN(C)c1cc(C(=O)NCCc2ccccc2F)ccn1. The van der Waals surface area contributed by atoms with Gasteiger partial charge in [-0.25, -0.2) is 9.37 Å². The average molecular weight is 329 g/mol. The van der Waals surface area contributed by atoms with Crippen molar-refractivity contribution < 1.29 is 9.18 Å². The van der Waals surface area contributed by atoms with Gasteiger partial charge in [0.05, 0.1) is 0 Å². The van der Waals surface area contributed by atoms with Gasteiger partial charge in [-0.15, -0.1) is 0 Å². The molecule has 1 aromatic heterocycles. The monoisotopic (exact) mass is 329 g/mol. The number of halogens is 1. The summed E-state index contributed by atoms with van der Waals surface area (Å²) in [7, 11) is 1.97. The lowest BCUT2D eigenvalue weighted by Gasteiger charge is -2.18. The Hall–Kier alpha value is -2.43. The van der Waals surface area contributed by atoms with Crippen LogP contribution in [0.5, 0.6) is 0 Å². The summed E-state index contributed by atoms with van der Waals surface area (Å²) >= 11 is 0. The minimum atomic E-state index is -0.240. The van der Waals surface area contributed by atoms with Crippen LogP contribution in [0.15, 0.2) is 42.6 Å². The van der Waals surface area contributed by atoms with Crippen molar-refractivity contribution in [2.45, 2.75) is 26.2 Å². The van der Waals surface area contributed by atoms with Gasteiger partial charge < -0.3 is 10.2 Å². The lowest BCUT2D eigenvalue weighted by Crippen LogP contribution is -2.26. The predicted molar refractivity (Wildman–Crippen MR) is 94.9 cm³/mol. The second kappa shape index (κ2) is 9.01. The summed E-state index contributed by atoms with van der Waals surface area (Å²) in [5.74, 6) is 0.375. The normalized spacial score (nSPS) is 10.5. The molecule has 128 valence electrons. The Labute approximate surface area is 142 Å². The van der Waals surface area contributed by atoms with E-state index >= 15 is 0 Å². The van der Waals surface area contributed by atoms with E-state index in [0.29, 0.717) is 24.1 Å². The lowest BCUT2D eigenvalue weighted by molar-refractivity contribution is 0.0954. The first kappa shape index (κ1) is 17.9. The van der Waals surface area contributed by atoms with E-state index in [1.165, 1.54) is 6.07 Å². The molecule has 0 aliphatic carbocycles. The molecule has 0 fully saturated rings. The second-order valence-electron chi connectivity index (χ2n) is 5.78. The summed E-state index contributed by atoms with van der Waals surface area (Å²) in [5, 5.41) is 2.83. The molecule has 0 aliphatic heterocycles. The van der Waals surface area contributed by atoms with Crippen LogP contribution < -0.4 is 10.2 Å². The Morgan fingerprint density at radius 2 is 2.08 bits per heavy atom. The summed E-state index contributed by atoms with van der Waals surface area (Å²) in [4.78, 5) is 18.6. The first-order valence-electron chi connectivity index (χ1n) is 8.30. The highest BCUT2D eigenvalue weighted by Gasteiger charge is 2.09. The fourth-order valence-electron chi connectivity index (χ4n) is 2.39. The number of hydrogen-bond acceptors (Lipinski definition) is 3. The third-order valence-corrected chi connectivity index (χ3v) is 3.88. The van der Waals surface area contributed by atoms with Crippen LogP contribution in [-0.4, -0.2) is 31.0 Å². The van der Waals surface area contributed by atoms with Gasteiger partial charge in [-0.05, 0) is 36.6 Å². The van der Waals surface area contributed by atoms with Crippen LogP contribution in [-0.2, 0) is 6.42 Å². The van der Waals surface area contributed by atoms with Gasteiger partial charge in [0.25, 0.3) is 5.91 Å². The van der Waals surface area contributed by atoms with Gasteiger partial charge in [-0.3, -0.25) is 4.79 Å². The number of unbranched alkanes of at least 4 members (excludes halogenated alkanes) is 1. The number of carbonyl (C=O) groups is 1. The molecule has 1 N–H and O–H groups in total. The molecule has 1 heterocycles. The third-order valence-electron chi connectivity index (χ3n) is 3.88. The molecule has 2 rings (SSSR count). The molecule has 24 heavy (non-hydrogen) atoms. The first-order chi connectivity index (χ1) is 11.6. The average Bonchev–Trinajstić information content (AvgIpc) is 2.61. The quantitative estimate of drug-likeness (QED) is 0.807. The summed E-state index contributed by atoms with van der Waals surface area (Å²) < 4.78 is 13.6. The van der Waals surface area contributed by atoms with Crippen LogP contribution in [0.4, 0.5) is 10.2 Å². The molecule has 0 atom stereocenters. The third kappa shape index (κ3) is 5.05. The Morgan fingerprint density at radius 1 is 1.29 bits per heavy atom. The summed E-state index contributed by atoms with van der Waals surface area (Å²) in [6, 6.07) is 10.1. The van der Waals surface area contributed by atoms with Gasteiger partial charge in [-0.1, -0.05) is 31.5 Å². The topological polar surface area (TPSA) is 45.2 Å². The van der Waals surface area contributed by atoms with Gasteiger partial charge >= 0.3 is 0 Å². The van der Waals surface area contributed by atoms with Crippen LogP contribution in [0.1, 0.15) is 35.7 Å². The molecule has 5 heteroatoms. The lowest BCUT2D eigenvalue weighted by atomic mass is 10.1. The van der Waals surface area contributed by atoms with Gasteiger partial charge in [0.1, 0.15) is 11.6 Å². The van der Waals surface area contributed by atoms with Gasteiger partial charge in [0, 0.05) is 31.9 Å². The first-order valence-corrected chi connectivity index (χ1v) is 8.30. The number of benzene rings is 1. The zero-order valence-corrected chi connectivity index (χ0v) is 14.3. The minimum Gasteiger partial charge on any atom is -0.360 e. The van der Waals surface area contributed by atoms with Gasteiger partial charge in [0.15, 0.2) is 0 Å². The molecule has 1 aromatic carbocycles. The smallest absolute Gasteiger partial charge is 0.251 e. The zero-order valence-electron chi connectivity index (χ0n) is 14.3. The summed E-state index contributed by atoms with van der Waals surface area (Å²) in [6.07, 6.45) is 4.30. The van der Waals surface area contributed by atoms with Gasteiger partial charge in [0.2, 0.25) is 0 Å². The van der Waals surface area contributed by atoms with Crippen molar-refractivity contribution in [3.63, 3.8) is 0 Å². The number of hydrogen-bond donors (Lipinski definition) is 1. The number of rotatable bonds is 8. The van der Waals surface area contributed by atoms with Crippen LogP contribution in [0, 0.1) is 5.82 Å². The highest BCUT2D eigenvalue weighted by atomic mass is 19.1. The highest BCUT2D eigenvalue weighted by molar-refractivity contribution is 5.94. The van der Waals surface area contributed by atoms with E-state index in [-0.39, 0.29) is 11.7 Å². The number of carbonyl (C=O) groups excluding carboxylic acids is 1. The highest BCUT2D eigenvalue weighted by Crippen LogP contribution is 2.12. The van der Waals surface area contributed by atoms with E-state index in [2.05, 4.69) is 17.2 Å². The van der Waals surface area contributed by atoms with E-state index in [9.17, 15) is 9.18 Å². The molecule has 2 aromatic rings. The molecular formula is C19H24FN3O. The molecule has 0 saturated carbocycles.